The molecule has 3 amide bonds. The molecule has 3 aliphatic heterocycles. The van der Waals surface area contributed by atoms with Gasteiger partial charge in [0.15, 0.2) is 0 Å². The standard InChI is InChI=1S/C31H47N3O4S/c1-19(2)16-21(17-35)34-24(26(37)33-29(6,7)18-28(3,4)5)31-15-14-30(8,39-31)22(23(31)27(34)38)25(36)32-20-12-10-9-11-13-20/h9-13,19,21-24,35H,14-18H2,1-8H3,(H,32,36)(H,33,37)/t21-,22-,23+,24?,30+,31?/m1/s1. The van der Waals surface area contributed by atoms with Crippen LogP contribution in [0.3, 0.4) is 0 Å². The molecule has 0 saturated carbocycles. The van der Waals surface area contributed by atoms with Crippen molar-refractivity contribution in [2.45, 2.75) is 108 Å². The third kappa shape index (κ3) is 5.61. The molecule has 1 aromatic carbocycles. The van der Waals surface area contributed by atoms with Crippen LogP contribution < -0.4 is 10.6 Å². The highest BCUT2D eigenvalue weighted by Crippen LogP contribution is 2.71. The van der Waals surface area contributed by atoms with Crippen molar-refractivity contribution in [3.8, 4) is 0 Å². The lowest BCUT2D eigenvalue weighted by Crippen LogP contribution is -2.60. The number of rotatable bonds is 9. The topological polar surface area (TPSA) is 98.7 Å². The van der Waals surface area contributed by atoms with Gasteiger partial charge in [-0.05, 0) is 69.9 Å². The lowest BCUT2D eigenvalue weighted by molar-refractivity contribution is -0.143. The first kappa shape index (κ1) is 29.9. The van der Waals surface area contributed by atoms with Crippen LogP contribution >= 0.6 is 11.8 Å². The molecule has 3 saturated heterocycles. The second-order valence-corrected chi connectivity index (χ2v) is 16.3. The third-order valence-corrected chi connectivity index (χ3v) is 10.6. The summed E-state index contributed by atoms with van der Waals surface area (Å²) in [4.78, 5) is 44.2. The Bertz CT molecular complexity index is 1100. The minimum Gasteiger partial charge on any atom is -0.394 e. The zero-order valence-corrected chi connectivity index (χ0v) is 25.7. The van der Waals surface area contributed by atoms with Crippen LogP contribution in [0, 0.1) is 23.2 Å². The van der Waals surface area contributed by atoms with Gasteiger partial charge in [-0.15, -0.1) is 11.8 Å². The number of carbonyl (C=O) groups is 3. The van der Waals surface area contributed by atoms with E-state index in [4.69, 9.17) is 0 Å². The fourth-order valence-electron chi connectivity index (χ4n) is 7.79. The lowest BCUT2D eigenvalue weighted by Gasteiger charge is -2.40. The van der Waals surface area contributed by atoms with E-state index < -0.39 is 39.0 Å². The number of carbonyl (C=O) groups excluding carboxylic acids is 3. The normalized spacial score (nSPS) is 31.0. The first-order valence-electron chi connectivity index (χ1n) is 14.3. The number of fused-ring (bicyclic) bond motifs is 1. The van der Waals surface area contributed by atoms with Crippen LogP contribution in [0.25, 0.3) is 0 Å². The number of hydrogen-bond donors (Lipinski definition) is 3. The van der Waals surface area contributed by atoms with Crippen LogP contribution in [0.1, 0.15) is 81.1 Å². The summed E-state index contributed by atoms with van der Waals surface area (Å²) in [5, 5.41) is 16.8. The van der Waals surface area contributed by atoms with E-state index in [1.807, 2.05) is 44.2 Å². The van der Waals surface area contributed by atoms with Crippen LogP contribution in [0.4, 0.5) is 5.69 Å². The summed E-state index contributed by atoms with van der Waals surface area (Å²) in [5.74, 6) is -1.48. The van der Waals surface area contributed by atoms with Crippen molar-refractivity contribution in [1.29, 1.82) is 0 Å². The molecule has 1 spiro atoms. The smallest absolute Gasteiger partial charge is 0.244 e. The molecule has 4 rings (SSSR count). The summed E-state index contributed by atoms with van der Waals surface area (Å²) in [6.07, 6.45) is 2.80. The first-order chi connectivity index (χ1) is 18.0. The predicted octanol–water partition coefficient (Wildman–Crippen LogP) is 4.84. The van der Waals surface area contributed by atoms with Gasteiger partial charge in [-0.2, -0.15) is 0 Å². The molecule has 3 aliphatic rings. The molecule has 6 atom stereocenters. The Morgan fingerprint density at radius 1 is 1.10 bits per heavy atom. The lowest BCUT2D eigenvalue weighted by atomic mass is 9.66. The molecule has 1 aromatic rings. The Kier molecular flexibility index (Phi) is 7.98. The summed E-state index contributed by atoms with van der Waals surface area (Å²) in [5.41, 5.74) is 0.213. The zero-order valence-electron chi connectivity index (χ0n) is 24.8. The molecule has 3 fully saturated rings. The number of amides is 3. The molecule has 3 heterocycles. The molecule has 2 unspecified atom stereocenters. The minimum atomic E-state index is -0.744. The Morgan fingerprint density at radius 3 is 2.31 bits per heavy atom. The number of para-hydroxylation sites is 1. The van der Waals surface area contributed by atoms with Crippen molar-refractivity contribution < 1.29 is 19.5 Å². The molecule has 2 bridgehead atoms. The Morgan fingerprint density at radius 2 is 1.74 bits per heavy atom. The second kappa shape index (κ2) is 10.4. The van der Waals surface area contributed by atoms with Gasteiger partial charge >= 0.3 is 0 Å². The molecule has 39 heavy (non-hydrogen) atoms. The van der Waals surface area contributed by atoms with E-state index in [0.717, 1.165) is 12.8 Å². The Hall–Kier alpha value is -2.06. The Balaban J connectivity index is 1.74. The first-order valence-corrected chi connectivity index (χ1v) is 15.2. The van der Waals surface area contributed by atoms with Gasteiger partial charge in [0.2, 0.25) is 17.7 Å². The number of aliphatic hydroxyl groups is 1. The maximum Gasteiger partial charge on any atom is 0.244 e. The van der Waals surface area contributed by atoms with Crippen LogP contribution in [0.2, 0.25) is 0 Å². The van der Waals surface area contributed by atoms with Gasteiger partial charge in [-0.3, -0.25) is 14.4 Å². The monoisotopic (exact) mass is 557 g/mol. The maximum atomic E-state index is 14.4. The summed E-state index contributed by atoms with van der Waals surface area (Å²) in [6, 6.07) is 8.10. The average molecular weight is 558 g/mol. The van der Waals surface area contributed by atoms with E-state index in [1.165, 1.54) is 0 Å². The number of nitrogens with one attached hydrogen (secondary N) is 2. The van der Waals surface area contributed by atoms with Crippen LogP contribution in [0.15, 0.2) is 30.3 Å². The second-order valence-electron chi connectivity index (χ2n) is 14.4. The van der Waals surface area contributed by atoms with Gasteiger partial charge in [0, 0.05) is 16.0 Å². The third-order valence-electron chi connectivity index (χ3n) is 8.57. The van der Waals surface area contributed by atoms with E-state index in [-0.39, 0.29) is 35.7 Å². The zero-order chi connectivity index (χ0) is 29.0. The van der Waals surface area contributed by atoms with Crippen molar-refractivity contribution in [2.24, 2.45) is 23.2 Å². The van der Waals surface area contributed by atoms with Gasteiger partial charge < -0.3 is 20.6 Å². The summed E-state index contributed by atoms with van der Waals surface area (Å²) < 4.78 is -1.16. The van der Waals surface area contributed by atoms with Gasteiger partial charge in [0.1, 0.15) is 6.04 Å². The largest absolute Gasteiger partial charge is 0.394 e. The quantitative estimate of drug-likeness (QED) is 0.403. The number of aliphatic hydroxyl groups excluding tert-OH is 1. The number of anilines is 1. The molecule has 216 valence electrons. The van der Waals surface area contributed by atoms with Gasteiger partial charge in [-0.1, -0.05) is 52.8 Å². The molecule has 3 N–H and O–H groups in total. The number of nitrogens with zero attached hydrogens (tertiary/aromatic N) is 1. The van der Waals surface area contributed by atoms with E-state index in [2.05, 4.69) is 52.2 Å². The van der Waals surface area contributed by atoms with Crippen LogP contribution in [0.5, 0.6) is 0 Å². The molecular formula is C31H47N3O4S. The van der Waals surface area contributed by atoms with E-state index in [1.54, 1.807) is 16.7 Å². The summed E-state index contributed by atoms with van der Waals surface area (Å²) in [7, 11) is 0. The van der Waals surface area contributed by atoms with Crippen molar-refractivity contribution in [3.05, 3.63) is 30.3 Å². The number of benzene rings is 1. The van der Waals surface area contributed by atoms with Gasteiger partial charge in [0.05, 0.1) is 29.2 Å². The Labute approximate surface area is 238 Å². The molecule has 7 nitrogen and oxygen atoms in total. The minimum absolute atomic E-state index is 0.00270. The van der Waals surface area contributed by atoms with E-state index in [0.29, 0.717) is 18.5 Å². The summed E-state index contributed by atoms with van der Waals surface area (Å²) >= 11 is 1.66. The SMILES string of the molecule is CC(C)C[C@H](CO)N1C(=O)[C@@H]2[C@H](C(=O)Nc3ccccc3)[C@]3(C)CCC2(S3)C1C(=O)NC(C)(C)CC(C)(C)C. The molecule has 0 aliphatic carbocycles. The number of thioether (sulfide) groups is 1. The molecular weight excluding hydrogens is 510 g/mol. The van der Waals surface area contributed by atoms with Crippen LogP contribution in [-0.4, -0.2) is 61.5 Å². The summed E-state index contributed by atoms with van der Waals surface area (Å²) in [6.45, 7) is 16.5. The number of likely N-dealkylation sites (tertiary alicyclic amines) is 1. The maximum absolute atomic E-state index is 14.4. The van der Waals surface area contributed by atoms with Crippen molar-refractivity contribution >= 4 is 35.2 Å². The van der Waals surface area contributed by atoms with Gasteiger partial charge in [-0.25, -0.2) is 0 Å². The highest BCUT2D eigenvalue weighted by Gasteiger charge is 2.77. The van der Waals surface area contributed by atoms with Gasteiger partial charge in [0.25, 0.3) is 0 Å². The molecule has 0 aromatic heterocycles. The predicted molar refractivity (Wildman–Crippen MR) is 157 cm³/mol. The van der Waals surface area contributed by atoms with E-state index in [9.17, 15) is 19.5 Å². The molecule has 0 radical (unpaired) electrons. The fourth-order valence-corrected chi connectivity index (χ4v) is 10.1. The van der Waals surface area contributed by atoms with Crippen molar-refractivity contribution in [2.75, 3.05) is 11.9 Å². The number of hydrogen-bond acceptors (Lipinski definition) is 5. The average Bonchev–Trinajstić information content (AvgIpc) is 3.36. The van der Waals surface area contributed by atoms with E-state index >= 15 is 0 Å². The van der Waals surface area contributed by atoms with Crippen molar-refractivity contribution in [3.63, 3.8) is 0 Å². The highest BCUT2D eigenvalue weighted by molar-refractivity contribution is 8.02. The highest BCUT2D eigenvalue weighted by atomic mass is 32.2. The fraction of sp³-hybridized carbons (Fsp3) is 0.710. The molecule has 8 heteroatoms. The van der Waals surface area contributed by atoms with Crippen LogP contribution in [-0.2, 0) is 14.4 Å². The van der Waals surface area contributed by atoms with Crippen molar-refractivity contribution in [1.82, 2.24) is 10.2 Å².